The molecule has 1 aromatic carbocycles. The number of morpholine rings is 1. The van der Waals surface area contributed by atoms with E-state index < -0.39 is 6.10 Å². The van der Waals surface area contributed by atoms with Gasteiger partial charge < -0.3 is 15.8 Å². The highest BCUT2D eigenvalue weighted by molar-refractivity contribution is 5.85. The van der Waals surface area contributed by atoms with Crippen LogP contribution in [0, 0.1) is 5.92 Å². The van der Waals surface area contributed by atoms with Crippen LogP contribution in [0.25, 0.3) is 0 Å². The van der Waals surface area contributed by atoms with Crippen LogP contribution in [0.5, 0.6) is 0 Å². The van der Waals surface area contributed by atoms with E-state index in [1.54, 1.807) is 0 Å². The number of hydrogen-bond donors (Lipinski definition) is 2. The molecule has 150 valence electrons. The number of carbonyl (C=O) groups is 1. The number of rotatable bonds is 7. The summed E-state index contributed by atoms with van der Waals surface area (Å²) >= 11 is 0. The average molecular weight is 406 g/mol. The van der Waals surface area contributed by atoms with E-state index in [1.165, 1.54) is 5.56 Å². The number of benzene rings is 1. The molecule has 1 saturated heterocycles. The summed E-state index contributed by atoms with van der Waals surface area (Å²) < 4.78 is 5.71. The Morgan fingerprint density at radius 1 is 1.35 bits per heavy atom. The molecule has 3 N–H and O–H groups in total. The predicted molar refractivity (Wildman–Crippen MR) is 111 cm³/mol. The second kappa shape index (κ2) is 11.8. The minimum Gasteiger partial charge on any atom is -0.366 e. The highest BCUT2D eigenvalue weighted by atomic mass is 35.5. The molecule has 26 heavy (non-hydrogen) atoms. The molecule has 1 amide bonds. The van der Waals surface area contributed by atoms with E-state index in [0.717, 1.165) is 19.5 Å². The first-order chi connectivity index (χ1) is 11.4. The van der Waals surface area contributed by atoms with Crippen molar-refractivity contribution in [2.24, 2.45) is 11.7 Å². The summed E-state index contributed by atoms with van der Waals surface area (Å²) in [7, 11) is 0. The first-order valence-electron chi connectivity index (χ1n) is 8.82. The first-order valence-corrected chi connectivity index (χ1v) is 8.82. The molecule has 0 aliphatic carbocycles. The number of ether oxygens (including phenoxy) is 1. The maximum atomic E-state index is 12.6. The highest BCUT2D eigenvalue weighted by Crippen LogP contribution is 2.17. The van der Waals surface area contributed by atoms with Gasteiger partial charge in [0.1, 0.15) is 6.10 Å². The summed E-state index contributed by atoms with van der Waals surface area (Å²) in [6.45, 7) is 9.59. The van der Waals surface area contributed by atoms with Gasteiger partial charge in [-0.25, -0.2) is 0 Å². The summed E-state index contributed by atoms with van der Waals surface area (Å²) in [6.07, 6.45) is 0.427. The van der Waals surface area contributed by atoms with Gasteiger partial charge in [0.2, 0.25) is 0 Å². The molecule has 7 heteroatoms. The van der Waals surface area contributed by atoms with Crippen LogP contribution >= 0.6 is 24.8 Å². The monoisotopic (exact) mass is 405 g/mol. The van der Waals surface area contributed by atoms with E-state index in [-0.39, 0.29) is 36.3 Å². The Kier molecular flexibility index (Phi) is 11.4. The Hall–Kier alpha value is -0.850. The van der Waals surface area contributed by atoms with Gasteiger partial charge in [0.15, 0.2) is 0 Å². The van der Waals surface area contributed by atoms with Crippen molar-refractivity contribution in [3.8, 4) is 0 Å². The van der Waals surface area contributed by atoms with Gasteiger partial charge >= 0.3 is 0 Å². The Balaban J connectivity index is 0.00000312. The zero-order valence-electron chi connectivity index (χ0n) is 15.9. The molecule has 2 atom stereocenters. The van der Waals surface area contributed by atoms with E-state index in [4.69, 9.17) is 10.5 Å². The van der Waals surface area contributed by atoms with E-state index in [9.17, 15) is 4.79 Å². The molecule has 5 nitrogen and oxygen atoms in total. The van der Waals surface area contributed by atoms with Crippen LogP contribution in [-0.4, -0.2) is 48.7 Å². The number of halogens is 2. The van der Waals surface area contributed by atoms with Crippen molar-refractivity contribution in [1.82, 2.24) is 10.2 Å². The van der Waals surface area contributed by atoms with Gasteiger partial charge in [0.25, 0.3) is 5.91 Å². The van der Waals surface area contributed by atoms with Crippen LogP contribution in [0.4, 0.5) is 0 Å². The molecular formula is C19H33Cl2N3O2. The van der Waals surface area contributed by atoms with Gasteiger partial charge in [-0.05, 0) is 24.8 Å². The fraction of sp³-hybridized carbons (Fsp3) is 0.632. The lowest BCUT2D eigenvalue weighted by Crippen LogP contribution is -2.58. The number of nitrogens with two attached hydrogens (primary N) is 1. The number of nitrogens with zero attached hydrogens (tertiary/aromatic N) is 1. The topological polar surface area (TPSA) is 67.6 Å². The molecule has 2 unspecified atom stereocenters. The van der Waals surface area contributed by atoms with Crippen molar-refractivity contribution in [3.05, 3.63) is 35.9 Å². The van der Waals surface area contributed by atoms with Crippen LogP contribution < -0.4 is 11.1 Å². The van der Waals surface area contributed by atoms with Crippen LogP contribution in [0.1, 0.15) is 32.8 Å². The number of carbonyl (C=O) groups excluding carboxylic acids is 1. The Bertz CT molecular complexity index is 531. The summed E-state index contributed by atoms with van der Waals surface area (Å²) in [5.41, 5.74) is 6.77. The van der Waals surface area contributed by atoms with Crippen LogP contribution in [-0.2, 0) is 16.1 Å². The third kappa shape index (κ3) is 7.80. The quantitative estimate of drug-likeness (QED) is 0.731. The first kappa shape index (κ1) is 25.1. The van der Waals surface area contributed by atoms with Gasteiger partial charge in [0, 0.05) is 31.7 Å². The minimum atomic E-state index is -0.430. The van der Waals surface area contributed by atoms with Crippen molar-refractivity contribution in [2.45, 2.75) is 45.4 Å². The second-order valence-electron chi connectivity index (χ2n) is 7.43. The van der Waals surface area contributed by atoms with Gasteiger partial charge in [-0.2, -0.15) is 0 Å². The van der Waals surface area contributed by atoms with Gasteiger partial charge in [-0.15, -0.1) is 24.8 Å². The lowest BCUT2D eigenvalue weighted by Gasteiger charge is -2.36. The largest absolute Gasteiger partial charge is 0.366 e. The molecule has 0 spiro atoms. The van der Waals surface area contributed by atoms with Crippen molar-refractivity contribution in [2.75, 3.05) is 26.2 Å². The lowest BCUT2D eigenvalue weighted by molar-refractivity contribution is -0.140. The zero-order chi connectivity index (χ0) is 17.6. The predicted octanol–water partition coefficient (Wildman–Crippen LogP) is 2.61. The summed E-state index contributed by atoms with van der Waals surface area (Å²) in [6, 6.07) is 10.3. The Morgan fingerprint density at radius 3 is 2.58 bits per heavy atom. The lowest BCUT2D eigenvalue weighted by atomic mass is 9.90. The fourth-order valence-corrected chi connectivity index (χ4v) is 3.31. The SMILES string of the molecule is CC(C)CC(C)(CN)NC(=O)C1CN(Cc2ccccc2)CCO1.Cl.Cl. The van der Waals surface area contributed by atoms with Crippen LogP contribution in [0.2, 0.25) is 0 Å². The Labute approximate surface area is 169 Å². The van der Waals surface area contributed by atoms with E-state index in [2.05, 4.69) is 36.2 Å². The maximum Gasteiger partial charge on any atom is 0.250 e. The Morgan fingerprint density at radius 2 is 2.00 bits per heavy atom. The van der Waals surface area contributed by atoms with E-state index in [0.29, 0.717) is 25.6 Å². The molecule has 0 aromatic heterocycles. The van der Waals surface area contributed by atoms with Gasteiger partial charge in [-0.1, -0.05) is 44.2 Å². The smallest absolute Gasteiger partial charge is 0.250 e. The molecule has 2 rings (SSSR count). The summed E-state index contributed by atoms with van der Waals surface area (Å²) in [5, 5.41) is 3.11. The fourth-order valence-electron chi connectivity index (χ4n) is 3.31. The molecule has 1 fully saturated rings. The molecule has 1 aliphatic rings. The molecule has 1 aliphatic heterocycles. The van der Waals surface area contributed by atoms with Gasteiger partial charge in [-0.3, -0.25) is 9.69 Å². The van der Waals surface area contributed by atoms with Crippen molar-refractivity contribution < 1.29 is 9.53 Å². The average Bonchev–Trinajstić information content (AvgIpc) is 2.55. The third-order valence-electron chi connectivity index (χ3n) is 4.43. The highest BCUT2D eigenvalue weighted by Gasteiger charge is 2.32. The normalized spacial score (nSPS) is 19.8. The van der Waals surface area contributed by atoms with Crippen LogP contribution in [0.3, 0.4) is 0 Å². The maximum absolute atomic E-state index is 12.6. The van der Waals surface area contributed by atoms with Gasteiger partial charge in [0.05, 0.1) is 6.61 Å². The van der Waals surface area contributed by atoms with Crippen molar-refractivity contribution in [3.63, 3.8) is 0 Å². The molecular weight excluding hydrogens is 373 g/mol. The third-order valence-corrected chi connectivity index (χ3v) is 4.43. The number of amides is 1. The second-order valence-corrected chi connectivity index (χ2v) is 7.43. The summed E-state index contributed by atoms with van der Waals surface area (Å²) in [5.74, 6) is 0.419. The zero-order valence-corrected chi connectivity index (χ0v) is 17.6. The molecule has 1 aromatic rings. The summed E-state index contributed by atoms with van der Waals surface area (Å²) in [4.78, 5) is 14.9. The molecule has 0 radical (unpaired) electrons. The van der Waals surface area contributed by atoms with E-state index in [1.807, 2.05) is 25.1 Å². The van der Waals surface area contributed by atoms with E-state index >= 15 is 0 Å². The van der Waals surface area contributed by atoms with Crippen molar-refractivity contribution >= 4 is 30.7 Å². The molecule has 0 bridgehead atoms. The minimum absolute atomic E-state index is 0. The number of hydrogen-bond acceptors (Lipinski definition) is 4. The molecule has 1 heterocycles. The number of nitrogens with one attached hydrogen (secondary N) is 1. The van der Waals surface area contributed by atoms with Crippen LogP contribution in [0.15, 0.2) is 30.3 Å². The standard InChI is InChI=1S/C19H31N3O2.2ClH/c1-15(2)11-19(3,14-20)21-18(23)17-13-22(9-10-24-17)12-16-7-5-4-6-8-16;;/h4-8,15,17H,9-14,20H2,1-3H3,(H,21,23);2*1H. The van der Waals surface area contributed by atoms with Crippen molar-refractivity contribution in [1.29, 1.82) is 0 Å². The molecule has 0 saturated carbocycles.